The van der Waals surface area contributed by atoms with E-state index in [0.29, 0.717) is 24.3 Å². The summed E-state index contributed by atoms with van der Waals surface area (Å²) >= 11 is 0. The fourth-order valence-electron chi connectivity index (χ4n) is 3.02. The minimum Gasteiger partial charge on any atom is -0.495 e. The van der Waals surface area contributed by atoms with Crippen LogP contribution in [-0.2, 0) is 0 Å². The van der Waals surface area contributed by atoms with Crippen molar-refractivity contribution in [2.45, 2.75) is 37.9 Å². The zero-order chi connectivity index (χ0) is 14.8. The minimum absolute atomic E-state index is 0.150. The van der Waals surface area contributed by atoms with E-state index in [1.807, 2.05) is 0 Å². The fraction of sp³-hybridized carbons (Fsp3) is 0.643. The molecule has 0 aromatic carbocycles. The summed E-state index contributed by atoms with van der Waals surface area (Å²) in [6.45, 7) is 0. The van der Waals surface area contributed by atoms with Crippen LogP contribution in [0.15, 0.2) is 18.3 Å². The molecule has 0 radical (unpaired) electrons. The van der Waals surface area contributed by atoms with Crippen LogP contribution in [0.1, 0.15) is 37.4 Å². The van der Waals surface area contributed by atoms with Crippen molar-refractivity contribution in [2.24, 2.45) is 17.6 Å². The normalized spacial score (nSPS) is 25.2. The first kappa shape index (κ1) is 15.1. The first-order valence-electron chi connectivity index (χ1n) is 6.76. The molecule has 1 fully saturated rings. The van der Waals surface area contributed by atoms with Crippen LogP contribution in [0, 0.1) is 11.8 Å². The van der Waals surface area contributed by atoms with E-state index in [4.69, 9.17) is 10.5 Å². The maximum Gasteiger partial charge on any atom is 0.392 e. The second-order valence-corrected chi connectivity index (χ2v) is 5.21. The summed E-state index contributed by atoms with van der Waals surface area (Å²) in [5.41, 5.74) is 6.50. The van der Waals surface area contributed by atoms with Crippen LogP contribution in [-0.4, -0.2) is 18.3 Å². The summed E-state index contributed by atoms with van der Waals surface area (Å²) in [7, 11) is 1.47. The quantitative estimate of drug-likeness (QED) is 0.926. The van der Waals surface area contributed by atoms with Crippen molar-refractivity contribution in [3.8, 4) is 5.75 Å². The van der Waals surface area contributed by atoms with Crippen molar-refractivity contribution in [1.29, 1.82) is 0 Å². The highest BCUT2D eigenvalue weighted by molar-refractivity contribution is 5.30. The van der Waals surface area contributed by atoms with Gasteiger partial charge in [0, 0.05) is 6.20 Å². The Morgan fingerprint density at radius 3 is 2.70 bits per heavy atom. The lowest BCUT2D eigenvalue weighted by Gasteiger charge is -2.36. The van der Waals surface area contributed by atoms with Gasteiger partial charge in [-0.05, 0) is 30.9 Å². The number of alkyl halides is 3. The number of hydrogen-bond acceptors (Lipinski definition) is 3. The van der Waals surface area contributed by atoms with Crippen molar-refractivity contribution >= 4 is 0 Å². The maximum atomic E-state index is 13.1. The van der Waals surface area contributed by atoms with Crippen LogP contribution in [0.4, 0.5) is 13.2 Å². The molecule has 0 aliphatic heterocycles. The highest BCUT2D eigenvalue weighted by Gasteiger charge is 2.48. The van der Waals surface area contributed by atoms with Gasteiger partial charge in [-0.25, -0.2) is 0 Å². The number of rotatable bonds is 3. The molecule has 1 heterocycles. The average molecular weight is 288 g/mol. The largest absolute Gasteiger partial charge is 0.495 e. The van der Waals surface area contributed by atoms with E-state index in [9.17, 15) is 13.2 Å². The van der Waals surface area contributed by atoms with Gasteiger partial charge in [0.2, 0.25) is 0 Å². The van der Waals surface area contributed by atoms with Crippen LogP contribution in [0.2, 0.25) is 0 Å². The number of ether oxygens (including phenoxy) is 1. The van der Waals surface area contributed by atoms with Crippen molar-refractivity contribution in [3.63, 3.8) is 0 Å². The molecule has 1 aliphatic carbocycles. The van der Waals surface area contributed by atoms with E-state index < -0.39 is 24.1 Å². The molecule has 2 rings (SSSR count). The molecule has 3 unspecified atom stereocenters. The summed E-state index contributed by atoms with van der Waals surface area (Å²) in [6.07, 6.45) is -0.664. The lowest BCUT2D eigenvalue weighted by molar-refractivity contribution is -0.198. The van der Waals surface area contributed by atoms with Gasteiger partial charge in [0.1, 0.15) is 5.75 Å². The highest BCUT2D eigenvalue weighted by Crippen LogP contribution is 2.46. The van der Waals surface area contributed by atoms with Crippen LogP contribution in [0.3, 0.4) is 0 Å². The van der Waals surface area contributed by atoms with E-state index >= 15 is 0 Å². The molecule has 1 aromatic heterocycles. The van der Waals surface area contributed by atoms with E-state index in [0.717, 1.165) is 6.42 Å². The highest BCUT2D eigenvalue weighted by atomic mass is 19.4. The van der Waals surface area contributed by atoms with Gasteiger partial charge >= 0.3 is 6.18 Å². The number of nitrogens with two attached hydrogens (primary N) is 1. The first-order valence-corrected chi connectivity index (χ1v) is 6.76. The van der Waals surface area contributed by atoms with Gasteiger partial charge in [0.15, 0.2) is 0 Å². The van der Waals surface area contributed by atoms with Gasteiger partial charge in [0.05, 0.1) is 24.8 Å². The Labute approximate surface area is 116 Å². The molecule has 2 N–H and O–H groups in total. The Bertz CT molecular complexity index is 450. The molecule has 0 saturated heterocycles. The second kappa shape index (κ2) is 5.99. The van der Waals surface area contributed by atoms with E-state index in [2.05, 4.69) is 4.98 Å². The van der Waals surface area contributed by atoms with Gasteiger partial charge in [-0.15, -0.1) is 0 Å². The van der Waals surface area contributed by atoms with Crippen LogP contribution in [0.5, 0.6) is 5.75 Å². The van der Waals surface area contributed by atoms with Crippen molar-refractivity contribution in [2.75, 3.05) is 7.11 Å². The molecule has 1 saturated carbocycles. The van der Waals surface area contributed by atoms with Gasteiger partial charge in [-0.2, -0.15) is 13.2 Å². The third-order valence-corrected chi connectivity index (χ3v) is 4.04. The van der Waals surface area contributed by atoms with Gasteiger partial charge in [-0.1, -0.05) is 12.8 Å². The number of aromatic nitrogens is 1. The molecule has 0 amide bonds. The molecule has 1 aromatic rings. The van der Waals surface area contributed by atoms with Gasteiger partial charge in [0.25, 0.3) is 0 Å². The zero-order valence-electron chi connectivity index (χ0n) is 11.4. The molecule has 20 heavy (non-hydrogen) atoms. The predicted molar refractivity (Wildman–Crippen MR) is 69.2 cm³/mol. The molecule has 112 valence electrons. The van der Waals surface area contributed by atoms with E-state index in [1.54, 1.807) is 12.1 Å². The van der Waals surface area contributed by atoms with Crippen LogP contribution < -0.4 is 10.5 Å². The first-order chi connectivity index (χ1) is 9.45. The Morgan fingerprint density at radius 1 is 1.35 bits per heavy atom. The summed E-state index contributed by atoms with van der Waals surface area (Å²) in [5.74, 6) is -1.53. The third-order valence-electron chi connectivity index (χ3n) is 4.04. The van der Waals surface area contributed by atoms with Crippen LogP contribution >= 0.6 is 0 Å². The zero-order valence-corrected chi connectivity index (χ0v) is 11.4. The monoisotopic (exact) mass is 288 g/mol. The number of pyridine rings is 1. The Hall–Kier alpha value is -1.30. The van der Waals surface area contributed by atoms with Crippen molar-refractivity contribution in [1.82, 2.24) is 4.98 Å². The molecule has 0 spiro atoms. The maximum absolute atomic E-state index is 13.1. The third kappa shape index (κ3) is 3.06. The molecular weight excluding hydrogens is 269 g/mol. The number of methoxy groups -OCH3 is 1. The Kier molecular flexibility index (Phi) is 4.52. The van der Waals surface area contributed by atoms with Crippen molar-refractivity contribution < 1.29 is 17.9 Å². The second-order valence-electron chi connectivity index (χ2n) is 5.21. The molecule has 1 aliphatic rings. The topological polar surface area (TPSA) is 48.1 Å². The summed E-state index contributed by atoms with van der Waals surface area (Å²) < 4.78 is 44.6. The number of nitrogens with zero attached hydrogens (tertiary/aromatic N) is 1. The molecular formula is C14H19F3N2O. The average Bonchev–Trinajstić information content (AvgIpc) is 2.45. The van der Waals surface area contributed by atoms with Gasteiger partial charge < -0.3 is 10.5 Å². The van der Waals surface area contributed by atoms with E-state index in [-0.39, 0.29) is 6.42 Å². The molecule has 6 heteroatoms. The summed E-state index contributed by atoms with van der Waals surface area (Å²) in [6, 6.07) is 2.60. The van der Waals surface area contributed by atoms with Crippen molar-refractivity contribution in [3.05, 3.63) is 24.0 Å². The standard InChI is InChI=1S/C14H19F3N2O/c1-20-11-7-4-8-19-13(11)12(18)9-5-2-3-6-10(9)14(15,16)17/h4,7-10,12H,2-3,5-6,18H2,1H3. The molecule has 3 atom stereocenters. The summed E-state index contributed by atoms with van der Waals surface area (Å²) in [5, 5.41) is 0. The number of halogens is 3. The molecule has 0 bridgehead atoms. The molecule has 3 nitrogen and oxygen atoms in total. The van der Waals surface area contributed by atoms with Crippen LogP contribution in [0.25, 0.3) is 0 Å². The van der Waals surface area contributed by atoms with E-state index in [1.165, 1.54) is 13.3 Å². The Morgan fingerprint density at radius 2 is 2.05 bits per heavy atom. The number of hydrogen-bond donors (Lipinski definition) is 1. The lowest BCUT2D eigenvalue weighted by atomic mass is 9.74. The predicted octanol–water partition coefficient (Wildman–Crippen LogP) is 3.46. The SMILES string of the molecule is COc1cccnc1C(N)C1CCCCC1C(F)(F)F. The lowest BCUT2D eigenvalue weighted by Crippen LogP contribution is -2.39. The minimum atomic E-state index is -4.20. The summed E-state index contributed by atoms with van der Waals surface area (Å²) in [4.78, 5) is 4.12. The smallest absolute Gasteiger partial charge is 0.392 e. The van der Waals surface area contributed by atoms with Gasteiger partial charge in [-0.3, -0.25) is 4.98 Å². The Balaban J connectivity index is 2.27. The fourth-order valence-corrected chi connectivity index (χ4v) is 3.02.